The lowest BCUT2D eigenvalue weighted by atomic mass is 9.45. The number of piperazine rings is 1. The van der Waals surface area contributed by atoms with Crippen molar-refractivity contribution in [2.45, 2.75) is 72.5 Å². The van der Waals surface area contributed by atoms with Crippen molar-refractivity contribution in [2.75, 3.05) is 25.0 Å². The molecule has 3 aliphatic carbocycles. The molecule has 2 aromatic heterocycles. The van der Waals surface area contributed by atoms with Crippen LogP contribution in [0.4, 0.5) is 10.1 Å². The van der Waals surface area contributed by atoms with E-state index in [0.717, 1.165) is 54.9 Å². The lowest BCUT2D eigenvalue weighted by Gasteiger charge is -2.61. The Morgan fingerprint density at radius 1 is 1.11 bits per heavy atom. The molecule has 246 valence electrons. The Morgan fingerprint density at radius 3 is 2.62 bits per heavy atom. The molecule has 2 bridgehead atoms. The largest absolute Gasteiger partial charge is 0.340 e. The van der Waals surface area contributed by atoms with E-state index >= 15 is 0 Å². The summed E-state index contributed by atoms with van der Waals surface area (Å²) < 4.78 is 15.2. The van der Waals surface area contributed by atoms with Crippen molar-refractivity contribution in [1.82, 2.24) is 29.7 Å². The molecular weight excluding hydrogens is 591 g/mol. The van der Waals surface area contributed by atoms with Gasteiger partial charge < -0.3 is 15.5 Å². The second-order valence-electron chi connectivity index (χ2n) is 14.4. The fourth-order valence-corrected chi connectivity index (χ4v) is 8.00. The van der Waals surface area contributed by atoms with E-state index in [1.165, 1.54) is 18.6 Å². The van der Waals surface area contributed by atoms with Gasteiger partial charge in [-0.1, -0.05) is 32.9 Å². The highest BCUT2D eigenvalue weighted by Gasteiger charge is 2.56. The van der Waals surface area contributed by atoms with Crippen LogP contribution in [0.25, 0.3) is 22.4 Å². The Hall–Kier alpha value is -4.18. The summed E-state index contributed by atoms with van der Waals surface area (Å²) in [4.78, 5) is 35.8. The smallest absolute Gasteiger partial charge is 0.261 e. The second-order valence-corrected chi connectivity index (χ2v) is 14.4. The molecule has 4 fully saturated rings. The highest BCUT2D eigenvalue weighted by Crippen LogP contribution is 2.61. The first kappa shape index (κ1) is 31.4. The first-order valence-electron chi connectivity index (χ1n) is 17.0. The van der Waals surface area contributed by atoms with E-state index in [9.17, 15) is 9.18 Å². The van der Waals surface area contributed by atoms with Gasteiger partial charge in [0.05, 0.1) is 28.8 Å². The Bertz CT molecular complexity index is 1850. The second kappa shape index (κ2) is 12.4. The number of benzene rings is 2. The summed E-state index contributed by atoms with van der Waals surface area (Å²) in [5.74, 6) is 3.02. The predicted octanol–water partition coefficient (Wildman–Crippen LogP) is 5.68. The predicted molar refractivity (Wildman–Crippen MR) is 185 cm³/mol. The van der Waals surface area contributed by atoms with Crippen LogP contribution >= 0.6 is 0 Å². The first-order chi connectivity index (χ1) is 22.6. The summed E-state index contributed by atoms with van der Waals surface area (Å²) >= 11 is 0. The average molecular weight is 637 g/mol. The lowest BCUT2D eigenvalue weighted by molar-refractivity contribution is -0.108. The van der Waals surface area contributed by atoms with Gasteiger partial charge in [0.1, 0.15) is 11.5 Å². The third-order valence-electron chi connectivity index (χ3n) is 11.0. The highest BCUT2D eigenvalue weighted by molar-refractivity contribution is 5.96. The Labute approximate surface area is 275 Å². The van der Waals surface area contributed by atoms with Gasteiger partial charge in [0.2, 0.25) is 0 Å². The van der Waals surface area contributed by atoms with Crippen molar-refractivity contribution in [3.8, 4) is 11.5 Å². The number of hydrogen-bond acceptors (Lipinski definition) is 6. The topological polar surface area (TPSA) is 100 Å². The molecule has 1 unspecified atom stereocenters. The van der Waals surface area contributed by atoms with E-state index in [2.05, 4.69) is 53.2 Å². The van der Waals surface area contributed by atoms with E-state index in [4.69, 9.17) is 9.98 Å². The van der Waals surface area contributed by atoms with Gasteiger partial charge in [-0.3, -0.25) is 14.3 Å². The van der Waals surface area contributed by atoms with Crippen LogP contribution in [-0.2, 0) is 13.0 Å². The molecule has 8 rings (SSSR count). The number of fused-ring (bicyclic) bond motifs is 3. The van der Waals surface area contributed by atoms with E-state index in [-0.39, 0.29) is 17.4 Å². The van der Waals surface area contributed by atoms with E-state index in [0.29, 0.717) is 58.7 Å². The van der Waals surface area contributed by atoms with Crippen LogP contribution in [0.1, 0.15) is 51.8 Å². The number of nitrogens with zero attached hydrogens (tertiary/aromatic N) is 6. The Kier molecular flexibility index (Phi) is 8.32. The normalized spacial score (nSPS) is 25.4. The number of rotatable bonds is 6. The molecule has 3 heterocycles. The number of nitrogens with one attached hydrogen (secondary N) is 2. The molecule has 4 aromatic rings. The molecule has 0 amide bonds. The lowest BCUT2D eigenvalue weighted by Crippen LogP contribution is -2.57. The molecule has 5 atom stereocenters. The van der Waals surface area contributed by atoms with Gasteiger partial charge in [-0.15, -0.1) is 0 Å². The molecule has 0 spiro atoms. The molecule has 10 heteroatoms. The maximum atomic E-state index is 14.0. The maximum Gasteiger partial charge on any atom is 0.261 e. The molecule has 2 aromatic carbocycles. The standard InChI is InChI=1S/C37H45FN8O/c1-22-19-41-33(20-40-22)34-43-32-18-28(10-11-29(32)35(47)46(34)14-12-25-6-8-27(38)9-7-25)42-36(45-15-13-39-23(2)21-45)44-31-17-26-16-30(24(31)3)37(26,4)5/h6-11,18-20,23-24,26,30-31,39H,12-17,21H2,1-5H3,(H,42,44)/t23-,24-,26+,30-,31?/m0/s1. The van der Waals surface area contributed by atoms with Crippen LogP contribution in [0.15, 0.2) is 64.6 Å². The van der Waals surface area contributed by atoms with Gasteiger partial charge >= 0.3 is 0 Å². The summed E-state index contributed by atoms with van der Waals surface area (Å²) in [6.45, 7) is 14.3. The van der Waals surface area contributed by atoms with Crippen molar-refractivity contribution < 1.29 is 4.39 Å². The summed E-state index contributed by atoms with van der Waals surface area (Å²) in [6.07, 6.45) is 6.32. The molecule has 1 aliphatic heterocycles. The number of aryl methyl sites for hydroxylation is 2. The highest BCUT2D eigenvalue weighted by atomic mass is 19.1. The summed E-state index contributed by atoms with van der Waals surface area (Å²) in [5.41, 5.74) is 3.91. The minimum atomic E-state index is -0.285. The van der Waals surface area contributed by atoms with Gasteiger partial charge in [0.15, 0.2) is 11.8 Å². The number of anilines is 1. The minimum Gasteiger partial charge on any atom is -0.340 e. The fourth-order valence-electron chi connectivity index (χ4n) is 8.00. The molecule has 2 N–H and O–H groups in total. The number of guanidine groups is 1. The van der Waals surface area contributed by atoms with Crippen LogP contribution in [0.2, 0.25) is 0 Å². The molecular formula is C37H45FN8O. The Balaban J connectivity index is 1.24. The van der Waals surface area contributed by atoms with Crippen LogP contribution < -0.4 is 16.2 Å². The summed E-state index contributed by atoms with van der Waals surface area (Å²) in [6, 6.07) is 12.7. The third kappa shape index (κ3) is 6.15. The number of halogens is 1. The number of aromatic nitrogens is 4. The molecule has 47 heavy (non-hydrogen) atoms. The van der Waals surface area contributed by atoms with Gasteiger partial charge in [0, 0.05) is 44.1 Å². The van der Waals surface area contributed by atoms with Crippen molar-refractivity contribution in [2.24, 2.45) is 28.2 Å². The van der Waals surface area contributed by atoms with E-state index in [1.54, 1.807) is 29.1 Å². The number of hydrogen-bond donors (Lipinski definition) is 2. The van der Waals surface area contributed by atoms with Gasteiger partial charge in [-0.05, 0) is 92.2 Å². The molecule has 0 radical (unpaired) electrons. The van der Waals surface area contributed by atoms with Crippen molar-refractivity contribution in [3.05, 3.63) is 82.3 Å². The summed E-state index contributed by atoms with van der Waals surface area (Å²) in [5, 5.41) is 7.75. The Morgan fingerprint density at radius 2 is 1.91 bits per heavy atom. The zero-order valence-corrected chi connectivity index (χ0v) is 28.0. The molecule has 1 saturated heterocycles. The quantitative estimate of drug-likeness (QED) is 0.208. The SMILES string of the molecule is Cc1cnc(-c2nc3cc(N/C(=N/C4C[C@H]5C[C@@H]([C@@H]4C)C5(C)C)N4CCN[C@@H](C)C4)ccc3c(=O)n2CCc2ccc(F)cc2)cn1. The number of aliphatic imine (C=N–C) groups is 1. The molecule has 4 aliphatic rings. The zero-order valence-electron chi connectivity index (χ0n) is 28.0. The average Bonchev–Trinajstić information content (AvgIpc) is 3.05. The van der Waals surface area contributed by atoms with Crippen LogP contribution in [0.3, 0.4) is 0 Å². The molecule has 9 nitrogen and oxygen atoms in total. The van der Waals surface area contributed by atoms with Crippen LogP contribution in [0.5, 0.6) is 0 Å². The van der Waals surface area contributed by atoms with Crippen molar-refractivity contribution in [1.29, 1.82) is 0 Å². The van der Waals surface area contributed by atoms with Gasteiger partial charge in [0.25, 0.3) is 5.56 Å². The van der Waals surface area contributed by atoms with Crippen molar-refractivity contribution in [3.63, 3.8) is 0 Å². The monoisotopic (exact) mass is 636 g/mol. The van der Waals surface area contributed by atoms with Gasteiger partial charge in [-0.2, -0.15) is 0 Å². The third-order valence-corrected chi connectivity index (χ3v) is 11.0. The molecule has 3 saturated carbocycles. The summed E-state index contributed by atoms with van der Waals surface area (Å²) in [7, 11) is 0. The zero-order chi connectivity index (χ0) is 32.9. The fraction of sp³-hybridized carbons (Fsp3) is 0.486. The van der Waals surface area contributed by atoms with Crippen molar-refractivity contribution >= 4 is 22.5 Å². The maximum absolute atomic E-state index is 14.0. The first-order valence-corrected chi connectivity index (χ1v) is 17.0. The van der Waals surface area contributed by atoms with Gasteiger partial charge in [-0.25, -0.2) is 19.4 Å². The minimum absolute atomic E-state index is 0.149. The van der Waals surface area contributed by atoms with E-state index < -0.39 is 0 Å². The van der Waals surface area contributed by atoms with E-state index in [1.807, 2.05) is 25.1 Å². The van der Waals surface area contributed by atoms with Crippen LogP contribution in [0, 0.1) is 35.9 Å². The van der Waals surface area contributed by atoms with Crippen LogP contribution in [-0.4, -0.2) is 62.1 Å².